The Morgan fingerprint density at radius 1 is 1.24 bits per heavy atom. The summed E-state index contributed by atoms with van der Waals surface area (Å²) in [6.45, 7) is 3.30. The molecule has 132 valence electrons. The first-order valence-corrected chi connectivity index (χ1v) is 9.12. The Hall–Kier alpha value is -2.41. The summed E-state index contributed by atoms with van der Waals surface area (Å²) in [7, 11) is 0. The van der Waals surface area contributed by atoms with E-state index in [0.717, 1.165) is 25.9 Å². The van der Waals surface area contributed by atoms with Gasteiger partial charge in [-0.05, 0) is 49.4 Å². The highest BCUT2D eigenvalue weighted by atomic mass is 32.1. The molecule has 1 saturated heterocycles. The monoisotopic (exact) mass is 361 g/mol. The van der Waals surface area contributed by atoms with Gasteiger partial charge < -0.3 is 15.5 Å². The van der Waals surface area contributed by atoms with E-state index in [9.17, 15) is 14.0 Å². The van der Waals surface area contributed by atoms with Crippen LogP contribution in [0.3, 0.4) is 0 Å². The molecule has 0 radical (unpaired) electrons. The third-order valence-corrected chi connectivity index (χ3v) is 5.02. The lowest BCUT2D eigenvalue weighted by atomic mass is 10.2. The highest BCUT2D eigenvalue weighted by Gasteiger charge is 2.19. The third kappa shape index (κ3) is 4.17. The number of carbonyl (C=O) groups is 2. The van der Waals surface area contributed by atoms with Crippen LogP contribution in [0, 0.1) is 5.82 Å². The van der Waals surface area contributed by atoms with Crippen molar-refractivity contribution >= 4 is 34.5 Å². The maximum atomic E-state index is 14.3. The molecule has 2 N–H and O–H groups in total. The van der Waals surface area contributed by atoms with Crippen molar-refractivity contribution in [1.29, 1.82) is 0 Å². The topological polar surface area (TPSA) is 61.4 Å². The third-order valence-electron chi connectivity index (χ3n) is 4.15. The van der Waals surface area contributed by atoms with E-state index >= 15 is 0 Å². The Kier molecular flexibility index (Phi) is 5.33. The predicted molar refractivity (Wildman–Crippen MR) is 97.7 cm³/mol. The van der Waals surface area contributed by atoms with Gasteiger partial charge in [-0.2, -0.15) is 0 Å². The molecule has 1 unspecified atom stereocenters. The standard InChI is InChI=1S/C18H20FN3O2S/c1-12(20-18(24)16-5-4-10-25-16)17(23)21-13-6-7-15(14(19)11-13)22-8-2-3-9-22/h4-7,10-12H,2-3,8-9H2,1H3,(H,20,24)(H,21,23). The summed E-state index contributed by atoms with van der Waals surface area (Å²) >= 11 is 1.31. The number of halogens is 1. The summed E-state index contributed by atoms with van der Waals surface area (Å²) in [4.78, 5) is 26.7. The fourth-order valence-corrected chi connectivity index (χ4v) is 3.42. The summed E-state index contributed by atoms with van der Waals surface area (Å²) in [5, 5.41) is 7.07. The molecule has 1 fully saturated rings. The van der Waals surface area contributed by atoms with Crippen molar-refractivity contribution in [3.63, 3.8) is 0 Å². The Balaban J connectivity index is 1.60. The number of nitrogens with one attached hydrogen (secondary N) is 2. The van der Waals surface area contributed by atoms with E-state index in [-0.39, 0.29) is 11.7 Å². The summed E-state index contributed by atoms with van der Waals surface area (Å²) in [6, 6.07) is 7.43. The van der Waals surface area contributed by atoms with Crippen molar-refractivity contribution in [2.45, 2.75) is 25.8 Å². The van der Waals surface area contributed by atoms with E-state index < -0.39 is 11.9 Å². The first-order chi connectivity index (χ1) is 12.0. The van der Waals surface area contributed by atoms with Gasteiger partial charge in [0.05, 0.1) is 10.6 Å². The first-order valence-electron chi connectivity index (χ1n) is 8.24. The predicted octanol–water partition coefficient (Wildman–Crippen LogP) is 3.24. The second-order valence-corrected chi connectivity index (χ2v) is 6.97. The van der Waals surface area contributed by atoms with Crippen LogP contribution >= 0.6 is 11.3 Å². The average Bonchev–Trinajstić information content (AvgIpc) is 3.28. The molecule has 2 aromatic rings. The normalized spacial score (nSPS) is 15.0. The molecule has 0 aliphatic carbocycles. The summed E-state index contributed by atoms with van der Waals surface area (Å²) in [6.07, 6.45) is 2.14. The minimum atomic E-state index is -0.726. The zero-order valence-corrected chi connectivity index (χ0v) is 14.7. The number of hydrogen-bond donors (Lipinski definition) is 2. The molecule has 3 rings (SSSR count). The van der Waals surface area contributed by atoms with E-state index in [4.69, 9.17) is 0 Å². The van der Waals surface area contributed by atoms with Crippen molar-refractivity contribution in [2.24, 2.45) is 0 Å². The second-order valence-electron chi connectivity index (χ2n) is 6.02. The summed E-state index contributed by atoms with van der Waals surface area (Å²) in [5.74, 6) is -1.04. The zero-order valence-electron chi connectivity index (χ0n) is 13.9. The Labute approximate surface area is 149 Å². The molecule has 1 aromatic heterocycles. The van der Waals surface area contributed by atoms with Crippen LogP contribution in [0.2, 0.25) is 0 Å². The van der Waals surface area contributed by atoms with Crippen molar-refractivity contribution < 1.29 is 14.0 Å². The number of thiophene rings is 1. The van der Waals surface area contributed by atoms with Crippen LogP contribution in [-0.2, 0) is 4.79 Å². The SMILES string of the molecule is CC(NC(=O)c1cccs1)C(=O)Nc1ccc(N2CCCC2)c(F)c1. The van der Waals surface area contributed by atoms with Crippen LogP contribution in [0.4, 0.5) is 15.8 Å². The smallest absolute Gasteiger partial charge is 0.261 e. The van der Waals surface area contributed by atoms with Crippen LogP contribution in [0.1, 0.15) is 29.4 Å². The highest BCUT2D eigenvalue weighted by molar-refractivity contribution is 7.12. The van der Waals surface area contributed by atoms with E-state index in [1.54, 1.807) is 36.6 Å². The molecule has 7 heteroatoms. The van der Waals surface area contributed by atoms with Gasteiger partial charge in [0.1, 0.15) is 11.9 Å². The summed E-state index contributed by atoms with van der Waals surface area (Å²) in [5.41, 5.74) is 0.942. The molecule has 0 spiro atoms. The van der Waals surface area contributed by atoms with Crippen LogP contribution in [0.15, 0.2) is 35.7 Å². The van der Waals surface area contributed by atoms with Crippen molar-refractivity contribution in [1.82, 2.24) is 5.32 Å². The lowest BCUT2D eigenvalue weighted by Gasteiger charge is -2.19. The number of benzene rings is 1. The first kappa shape index (κ1) is 17.4. The number of rotatable bonds is 5. The maximum Gasteiger partial charge on any atom is 0.261 e. The van der Waals surface area contributed by atoms with Crippen molar-refractivity contribution in [2.75, 3.05) is 23.3 Å². The molecule has 1 atom stereocenters. The van der Waals surface area contributed by atoms with Gasteiger partial charge in [-0.15, -0.1) is 11.3 Å². The van der Waals surface area contributed by atoms with Crippen LogP contribution < -0.4 is 15.5 Å². The summed E-state index contributed by atoms with van der Waals surface area (Å²) < 4.78 is 14.3. The van der Waals surface area contributed by atoms with Gasteiger partial charge in [-0.3, -0.25) is 9.59 Å². The molecule has 2 heterocycles. The number of carbonyl (C=O) groups excluding carboxylic acids is 2. The minimum absolute atomic E-state index is 0.298. The van der Waals surface area contributed by atoms with Crippen molar-refractivity contribution in [3.8, 4) is 0 Å². The fraction of sp³-hybridized carbons (Fsp3) is 0.333. The maximum absolute atomic E-state index is 14.3. The van der Waals surface area contributed by atoms with Crippen LogP contribution in [0.5, 0.6) is 0 Å². The largest absolute Gasteiger partial charge is 0.369 e. The molecule has 0 bridgehead atoms. The lowest BCUT2D eigenvalue weighted by molar-refractivity contribution is -0.117. The van der Waals surface area contributed by atoms with Gasteiger partial charge in [-0.25, -0.2) is 4.39 Å². The van der Waals surface area contributed by atoms with Crippen LogP contribution in [0.25, 0.3) is 0 Å². The highest BCUT2D eigenvalue weighted by Crippen LogP contribution is 2.26. The molecule has 25 heavy (non-hydrogen) atoms. The van der Waals surface area contributed by atoms with E-state index in [0.29, 0.717) is 16.3 Å². The zero-order chi connectivity index (χ0) is 17.8. The minimum Gasteiger partial charge on any atom is -0.369 e. The van der Waals surface area contributed by atoms with E-state index in [1.165, 1.54) is 17.4 Å². The Morgan fingerprint density at radius 2 is 2.00 bits per heavy atom. The molecule has 1 aliphatic heterocycles. The average molecular weight is 361 g/mol. The van der Waals surface area contributed by atoms with Gasteiger partial charge in [0.15, 0.2) is 0 Å². The van der Waals surface area contributed by atoms with Gasteiger partial charge in [-0.1, -0.05) is 6.07 Å². The van der Waals surface area contributed by atoms with Gasteiger partial charge in [0, 0.05) is 18.8 Å². The van der Waals surface area contributed by atoms with Crippen molar-refractivity contribution in [3.05, 3.63) is 46.4 Å². The Morgan fingerprint density at radius 3 is 2.64 bits per heavy atom. The number of amides is 2. The molecular weight excluding hydrogens is 341 g/mol. The number of hydrogen-bond acceptors (Lipinski definition) is 4. The molecule has 1 aliphatic rings. The number of anilines is 2. The molecule has 1 aromatic carbocycles. The van der Waals surface area contributed by atoms with Gasteiger partial charge >= 0.3 is 0 Å². The fourth-order valence-electron chi connectivity index (χ4n) is 2.79. The van der Waals surface area contributed by atoms with E-state index in [1.807, 2.05) is 4.90 Å². The van der Waals surface area contributed by atoms with Gasteiger partial charge in [0.2, 0.25) is 5.91 Å². The van der Waals surface area contributed by atoms with E-state index in [2.05, 4.69) is 10.6 Å². The quantitative estimate of drug-likeness (QED) is 0.859. The van der Waals surface area contributed by atoms with Gasteiger partial charge in [0.25, 0.3) is 5.91 Å². The number of nitrogens with zero attached hydrogens (tertiary/aromatic N) is 1. The Bertz CT molecular complexity index is 758. The molecule has 0 saturated carbocycles. The second kappa shape index (κ2) is 7.65. The molecule has 5 nitrogen and oxygen atoms in total. The molecule has 2 amide bonds. The molecular formula is C18H20FN3O2S. The lowest BCUT2D eigenvalue weighted by Crippen LogP contribution is -2.41. The van der Waals surface area contributed by atoms with Crippen LogP contribution in [-0.4, -0.2) is 30.9 Å².